The van der Waals surface area contributed by atoms with Gasteiger partial charge in [0, 0.05) is 6.54 Å². The molecule has 0 aliphatic heterocycles. The molecule has 0 fully saturated rings. The van der Waals surface area contributed by atoms with Gasteiger partial charge in [0.25, 0.3) is 0 Å². The van der Waals surface area contributed by atoms with E-state index in [0.29, 0.717) is 10.7 Å². The molecule has 0 aliphatic carbocycles. The molecule has 0 saturated heterocycles. The van der Waals surface area contributed by atoms with Crippen LogP contribution in [-0.4, -0.2) is 21.8 Å². The van der Waals surface area contributed by atoms with Crippen molar-refractivity contribution in [3.63, 3.8) is 0 Å². The predicted molar refractivity (Wildman–Crippen MR) is 55.0 cm³/mol. The maximum Gasteiger partial charge on any atom is 0.195 e. The quantitative estimate of drug-likeness (QED) is 0.720. The van der Waals surface area contributed by atoms with Gasteiger partial charge in [-0.05, 0) is 25.2 Å². The van der Waals surface area contributed by atoms with E-state index in [0.717, 1.165) is 18.9 Å². The third kappa shape index (κ3) is 2.63. The molecule has 1 aromatic rings. The van der Waals surface area contributed by atoms with Crippen molar-refractivity contribution < 1.29 is 0 Å². The predicted octanol–water partition coefficient (Wildman–Crippen LogP) is 1.32. The number of H-pyrrole nitrogens is 1. The zero-order valence-corrected chi connectivity index (χ0v) is 9.11. The normalized spacial score (nSPS) is 11.1. The van der Waals surface area contributed by atoms with Crippen molar-refractivity contribution in [2.24, 2.45) is 5.92 Å². The monoisotopic (exact) mass is 200 g/mol. The number of nitrogens with zero attached hydrogens (tertiary/aromatic N) is 2. The fourth-order valence-electron chi connectivity index (χ4n) is 1.20. The average Bonchev–Trinajstić information content (AvgIpc) is 2.36. The van der Waals surface area contributed by atoms with Gasteiger partial charge in [-0.3, -0.25) is 5.10 Å². The third-order valence-electron chi connectivity index (χ3n) is 1.72. The van der Waals surface area contributed by atoms with Gasteiger partial charge in [-0.1, -0.05) is 13.8 Å². The van der Waals surface area contributed by atoms with E-state index in [1.54, 1.807) is 0 Å². The van der Waals surface area contributed by atoms with Gasteiger partial charge >= 0.3 is 0 Å². The van der Waals surface area contributed by atoms with Crippen LogP contribution in [0.15, 0.2) is 0 Å². The van der Waals surface area contributed by atoms with Crippen molar-refractivity contribution in [2.45, 2.75) is 26.9 Å². The molecule has 0 amide bonds. The zero-order valence-electron chi connectivity index (χ0n) is 8.29. The Balaban J connectivity index is 2.88. The molecule has 0 radical (unpaired) electrons. The molecule has 2 N–H and O–H groups in total. The Morgan fingerprint density at radius 1 is 1.62 bits per heavy atom. The van der Waals surface area contributed by atoms with E-state index in [-0.39, 0.29) is 0 Å². The molecule has 1 heterocycles. The van der Waals surface area contributed by atoms with Crippen molar-refractivity contribution in [3.05, 3.63) is 10.6 Å². The molecular weight excluding hydrogens is 184 g/mol. The lowest BCUT2D eigenvalue weighted by molar-refractivity contribution is 0.497. The lowest BCUT2D eigenvalue weighted by Crippen LogP contribution is -2.14. The Morgan fingerprint density at radius 3 is 2.85 bits per heavy atom. The van der Waals surface area contributed by atoms with E-state index in [2.05, 4.69) is 29.4 Å². The van der Waals surface area contributed by atoms with Gasteiger partial charge in [-0.25, -0.2) is 0 Å². The SMILES string of the molecule is CNCc1n[nH]c(=S)n1CC(C)C. The Bertz CT molecular complexity index is 312. The summed E-state index contributed by atoms with van der Waals surface area (Å²) in [5, 5.41) is 10.0. The molecular formula is C8H16N4S. The maximum absolute atomic E-state index is 5.12. The highest BCUT2D eigenvalue weighted by Gasteiger charge is 2.05. The molecule has 0 aliphatic rings. The molecule has 5 heteroatoms. The number of aromatic amines is 1. The van der Waals surface area contributed by atoms with Crippen molar-refractivity contribution >= 4 is 12.2 Å². The number of nitrogens with one attached hydrogen (secondary N) is 2. The molecule has 1 aromatic heterocycles. The van der Waals surface area contributed by atoms with Gasteiger partial charge in [0.15, 0.2) is 4.77 Å². The zero-order chi connectivity index (χ0) is 9.84. The molecule has 0 unspecified atom stereocenters. The van der Waals surface area contributed by atoms with Crippen LogP contribution in [0.1, 0.15) is 19.7 Å². The van der Waals surface area contributed by atoms with Crippen molar-refractivity contribution in [1.29, 1.82) is 0 Å². The fourth-order valence-corrected chi connectivity index (χ4v) is 1.42. The van der Waals surface area contributed by atoms with Crippen LogP contribution in [0.2, 0.25) is 0 Å². The minimum absolute atomic E-state index is 0.583. The van der Waals surface area contributed by atoms with E-state index in [9.17, 15) is 0 Å². The van der Waals surface area contributed by atoms with Gasteiger partial charge < -0.3 is 9.88 Å². The summed E-state index contributed by atoms with van der Waals surface area (Å²) < 4.78 is 2.75. The first-order chi connectivity index (χ1) is 6.15. The Kier molecular flexibility index (Phi) is 3.62. The minimum Gasteiger partial charge on any atom is -0.313 e. The summed E-state index contributed by atoms with van der Waals surface area (Å²) in [6.07, 6.45) is 0. The third-order valence-corrected chi connectivity index (χ3v) is 2.03. The highest BCUT2D eigenvalue weighted by Crippen LogP contribution is 2.03. The summed E-state index contributed by atoms with van der Waals surface area (Å²) in [5.41, 5.74) is 0. The van der Waals surface area contributed by atoms with Crippen molar-refractivity contribution in [3.8, 4) is 0 Å². The van der Waals surface area contributed by atoms with Gasteiger partial charge in [-0.2, -0.15) is 5.10 Å². The smallest absolute Gasteiger partial charge is 0.195 e. The van der Waals surface area contributed by atoms with Crippen molar-refractivity contribution in [2.75, 3.05) is 7.05 Å². The largest absolute Gasteiger partial charge is 0.313 e. The highest BCUT2D eigenvalue weighted by molar-refractivity contribution is 7.71. The topological polar surface area (TPSA) is 45.6 Å². The van der Waals surface area contributed by atoms with Crippen LogP contribution < -0.4 is 5.32 Å². The molecule has 0 spiro atoms. The van der Waals surface area contributed by atoms with Gasteiger partial charge in [0.05, 0.1) is 6.54 Å². The molecule has 0 aromatic carbocycles. The second-order valence-corrected chi connectivity index (χ2v) is 3.87. The van der Waals surface area contributed by atoms with Crippen LogP contribution in [0.25, 0.3) is 0 Å². The summed E-state index contributed by atoms with van der Waals surface area (Å²) in [5.74, 6) is 1.56. The van der Waals surface area contributed by atoms with E-state index in [1.165, 1.54) is 0 Å². The molecule has 0 bridgehead atoms. The van der Waals surface area contributed by atoms with Gasteiger partial charge in [0.1, 0.15) is 5.82 Å². The molecule has 74 valence electrons. The Morgan fingerprint density at radius 2 is 2.31 bits per heavy atom. The summed E-state index contributed by atoms with van der Waals surface area (Å²) in [4.78, 5) is 0. The van der Waals surface area contributed by atoms with Crippen LogP contribution in [0.3, 0.4) is 0 Å². The Hall–Kier alpha value is -0.680. The first-order valence-electron chi connectivity index (χ1n) is 4.43. The van der Waals surface area contributed by atoms with Gasteiger partial charge in [-0.15, -0.1) is 0 Å². The first kappa shape index (κ1) is 10.4. The molecule has 4 nitrogen and oxygen atoms in total. The minimum atomic E-state index is 0.583. The fraction of sp³-hybridized carbons (Fsp3) is 0.750. The van der Waals surface area contributed by atoms with E-state index in [1.807, 2.05) is 11.6 Å². The summed E-state index contributed by atoms with van der Waals surface area (Å²) in [6, 6.07) is 0. The Labute approximate surface area is 83.4 Å². The standard InChI is InChI=1S/C8H16N4S/c1-6(2)5-12-7(4-9-3)10-11-8(12)13/h6,9H,4-5H2,1-3H3,(H,11,13). The van der Waals surface area contributed by atoms with Crippen LogP contribution in [0.4, 0.5) is 0 Å². The molecule has 0 saturated carbocycles. The lowest BCUT2D eigenvalue weighted by Gasteiger charge is -2.08. The lowest BCUT2D eigenvalue weighted by atomic mass is 10.2. The van der Waals surface area contributed by atoms with Crippen LogP contribution >= 0.6 is 12.2 Å². The summed E-state index contributed by atoms with van der Waals surface area (Å²) in [7, 11) is 1.90. The van der Waals surface area contributed by atoms with Crippen molar-refractivity contribution in [1.82, 2.24) is 20.1 Å². The maximum atomic E-state index is 5.12. The summed E-state index contributed by atoms with van der Waals surface area (Å²) >= 11 is 5.12. The van der Waals surface area contributed by atoms with Crippen LogP contribution in [0.5, 0.6) is 0 Å². The molecule has 13 heavy (non-hydrogen) atoms. The molecule has 0 atom stereocenters. The van der Waals surface area contributed by atoms with Crippen LogP contribution in [-0.2, 0) is 13.1 Å². The van der Waals surface area contributed by atoms with E-state index >= 15 is 0 Å². The first-order valence-corrected chi connectivity index (χ1v) is 4.84. The number of aromatic nitrogens is 3. The average molecular weight is 200 g/mol. The second-order valence-electron chi connectivity index (χ2n) is 3.48. The number of rotatable bonds is 4. The van der Waals surface area contributed by atoms with E-state index < -0.39 is 0 Å². The summed E-state index contributed by atoms with van der Waals surface area (Å²) in [6.45, 7) is 6.00. The molecule has 1 rings (SSSR count). The van der Waals surface area contributed by atoms with Gasteiger partial charge in [0.2, 0.25) is 0 Å². The highest BCUT2D eigenvalue weighted by atomic mass is 32.1. The van der Waals surface area contributed by atoms with E-state index in [4.69, 9.17) is 12.2 Å². The number of hydrogen-bond acceptors (Lipinski definition) is 3. The second kappa shape index (κ2) is 4.53. The number of hydrogen-bond donors (Lipinski definition) is 2. The van der Waals surface area contributed by atoms with Crippen LogP contribution in [0, 0.1) is 10.7 Å².